The van der Waals surface area contributed by atoms with Crippen LogP contribution in [0.5, 0.6) is 0 Å². The third-order valence-corrected chi connectivity index (χ3v) is 2.54. The summed E-state index contributed by atoms with van der Waals surface area (Å²) in [5, 5.41) is 5.39. The number of carbonyl (C=O) groups excluding carboxylic acids is 1. The monoisotopic (exact) mass is 188 g/mol. The van der Waals surface area contributed by atoms with Gasteiger partial charge >= 0.3 is 0 Å². The van der Waals surface area contributed by atoms with Gasteiger partial charge in [-0.3, -0.25) is 9.48 Å². The van der Waals surface area contributed by atoms with Crippen LogP contribution in [0.4, 0.5) is 0 Å². The van der Waals surface area contributed by atoms with Crippen LogP contribution in [0, 0.1) is 6.92 Å². The largest absolute Gasteiger partial charge is 0.294 e. The number of ketones is 1. The molecule has 0 saturated heterocycles. The van der Waals surface area contributed by atoms with Gasteiger partial charge in [-0.2, -0.15) is 5.10 Å². The highest BCUT2D eigenvalue weighted by molar-refractivity contribution is 6.05. The summed E-state index contributed by atoms with van der Waals surface area (Å²) in [6.45, 7) is 3.57. The number of hydrogen-bond donors (Lipinski definition) is 0. The second kappa shape index (κ2) is 2.94. The van der Waals surface area contributed by atoms with E-state index in [2.05, 4.69) is 5.10 Å². The fraction of sp³-hybridized carbons (Fsp3) is 0.273. The zero-order valence-corrected chi connectivity index (χ0v) is 8.53. The van der Waals surface area contributed by atoms with Gasteiger partial charge in [0, 0.05) is 23.7 Å². The maximum Gasteiger partial charge on any atom is 0.162 e. The molecule has 3 nitrogen and oxygen atoms in total. The SMILES string of the molecule is CC(=O)c1cccc2c(C)n(C)nc12. The molecular weight excluding hydrogens is 176 g/mol. The van der Waals surface area contributed by atoms with E-state index in [9.17, 15) is 4.79 Å². The highest BCUT2D eigenvalue weighted by Crippen LogP contribution is 2.20. The van der Waals surface area contributed by atoms with E-state index in [-0.39, 0.29) is 5.78 Å². The lowest BCUT2D eigenvalue weighted by Crippen LogP contribution is -1.94. The first-order chi connectivity index (χ1) is 6.61. The van der Waals surface area contributed by atoms with Crippen molar-refractivity contribution in [2.45, 2.75) is 13.8 Å². The highest BCUT2D eigenvalue weighted by Gasteiger charge is 2.10. The lowest BCUT2D eigenvalue weighted by molar-refractivity contribution is 0.101. The number of fused-ring (bicyclic) bond motifs is 1. The van der Waals surface area contributed by atoms with Crippen molar-refractivity contribution in [2.24, 2.45) is 7.05 Å². The number of benzene rings is 1. The molecule has 1 aromatic heterocycles. The molecule has 1 heterocycles. The molecule has 1 aromatic carbocycles. The molecule has 0 saturated carbocycles. The number of hydrogen-bond acceptors (Lipinski definition) is 2. The van der Waals surface area contributed by atoms with E-state index < -0.39 is 0 Å². The van der Waals surface area contributed by atoms with E-state index in [1.807, 2.05) is 32.2 Å². The second-order valence-corrected chi connectivity index (χ2v) is 3.47. The van der Waals surface area contributed by atoms with Gasteiger partial charge in [-0.25, -0.2) is 0 Å². The van der Waals surface area contributed by atoms with Gasteiger partial charge in [-0.15, -0.1) is 0 Å². The Kier molecular flexibility index (Phi) is 1.88. The van der Waals surface area contributed by atoms with Crippen LogP contribution < -0.4 is 0 Å². The molecule has 0 unspecified atom stereocenters. The molecular formula is C11H12N2O. The van der Waals surface area contributed by atoms with Crippen molar-refractivity contribution in [3.05, 3.63) is 29.5 Å². The minimum Gasteiger partial charge on any atom is -0.294 e. The van der Waals surface area contributed by atoms with E-state index in [0.29, 0.717) is 5.56 Å². The molecule has 0 spiro atoms. The first-order valence-corrected chi connectivity index (χ1v) is 4.54. The summed E-state index contributed by atoms with van der Waals surface area (Å²) >= 11 is 0. The Hall–Kier alpha value is -1.64. The second-order valence-electron chi connectivity index (χ2n) is 3.47. The van der Waals surface area contributed by atoms with E-state index in [1.165, 1.54) is 0 Å². The Labute approximate surface area is 82.3 Å². The quantitative estimate of drug-likeness (QED) is 0.642. The van der Waals surface area contributed by atoms with Crippen LogP contribution in [0.1, 0.15) is 23.0 Å². The summed E-state index contributed by atoms with van der Waals surface area (Å²) in [6.07, 6.45) is 0. The number of aromatic nitrogens is 2. The van der Waals surface area contributed by atoms with E-state index >= 15 is 0 Å². The van der Waals surface area contributed by atoms with E-state index in [4.69, 9.17) is 0 Å². The van der Waals surface area contributed by atoms with Crippen molar-refractivity contribution in [3.63, 3.8) is 0 Å². The molecule has 72 valence electrons. The summed E-state index contributed by atoms with van der Waals surface area (Å²) in [4.78, 5) is 11.3. The van der Waals surface area contributed by atoms with Crippen LogP contribution in [0.15, 0.2) is 18.2 Å². The van der Waals surface area contributed by atoms with Gasteiger partial charge in [0.05, 0.1) is 0 Å². The topological polar surface area (TPSA) is 34.9 Å². The maximum atomic E-state index is 11.3. The molecule has 2 aromatic rings. The van der Waals surface area contributed by atoms with Crippen LogP contribution >= 0.6 is 0 Å². The van der Waals surface area contributed by atoms with E-state index in [0.717, 1.165) is 16.6 Å². The summed E-state index contributed by atoms with van der Waals surface area (Å²) in [6, 6.07) is 5.70. The average Bonchev–Trinajstić information content (AvgIpc) is 2.43. The fourth-order valence-corrected chi connectivity index (χ4v) is 1.63. The Morgan fingerprint density at radius 3 is 2.79 bits per heavy atom. The standard InChI is InChI=1S/C11H12N2O/c1-7-9-5-4-6-10(8(2)14)11(9)12-13(7)3/h4-6H,1-3H3. The molecule has 14 heavy (non-hydrogen) atoms. The molecule has 0 fully saturated rings. The Morgan fingerprint density at radius 1 is 1.43 bits per heavy atom. The van der Waals surface area contributed by atoms with Crippen molar-refractivity contribution in [1.29, 1.82) is 0 Å². The smallest absolute Gasteiger partial charge is 0.162 e. The fourth-order valence-electron chi connectivity index (χ4n) is 1.63. The predicted octanol–water partition coefficient (Wildman–Crippen LogP) is 2.08. The van der Waals surface area contributed by atoms with Gasteiger partial charge in [-0.1, -0.05) is 12.1 Å². The van der Waals surface area contributed by atoms with Crippen LogP contribution in [-0.4, -0.2) is 15.6 Å². The van der Waals surface area contributed by atoms with Crippen molar-refractivity contribution < 1.29 is 4.79 Å². The molecule has 2 rings (SSSR count). The van der Waals surface area contributed by atoms with Crippen molar-refractivity contribution >= 4 is 16.7 Å². The zero-order valence-electron chi connectivity index (χ0n) is 8.53. The van der Waals surface area contributed by atoms with Crippen LogP contribution in [-0.2, 0) is 7.05 Å². The van der Waals surface area contributed by atoms with Gasteiger partial charge in [0.15, 0.2) is 5.78 Å². The normalized spacial score (nSPS) is 10.8. The number of aryl methyl sites for hydroxylation is 2. The van der Waals surface area contributed by atoms with Crippen molar-refractivity contribution in [1.82, 2.24) is 9.78 Å². The third-order valence-electron chi connectivity index (χ3n) is 2.54. The first-order valence-electron chi connectivity index (χ1n) is 4.54. The van der Waals surface area contributed by atoms with Gasteiger partial charge in [-0.05, 0) is 19.9 Å². The molecule has 0 aliphatic carbocycles. The molecule has 0 radical (unpaired) electrons. The minimum atomic E-state index is 0.0636. The Balaban J connectivity index is 2.88. The van der Waals surface area contributed by atoms with Crippen molar-refractivity contribution in [2.75, 3.05) is 0 Å². The van der Waals surface area contributed by atoms with Crippen LogP contribution in [0.25, 0.3) is 10.9 Å². The Bertz CT molecular complexity index is 511. The van der Waals surface area contributed by atoms with Gasteiger partial charge in [0.1, 0.15) is 5.52 Å². The number of Topliss-reactive ketones (excluding diaryl/α,β-unsaturated/α-hetero) is 1. The molecule has 0 N–H and O–H groups in total. The molecule has 0 aliphatic rings. The lowest BCUT2D eigenvalue weighted by atomic mass is 10.1. The predicted molar refractivity (Wildman–Crippen MR) is 55.5 cm³/mol. The molecule has 0 atom stereocenters. The Morgan fingerprint density at radius 2 is 2.14 bits per heavy atom. The first kappa shape index (κ1) is 8.94. The number of carbonyl (C=O) groups is 1. The van der Waals surface area contributed by atoms with Crippen LogP contribution in [0.3, 0.4) is 0 Å². The molecule has 0 amide bonds. The van der Waals surface area contributed by atoms with Gasteiger partial charge < -0.3 is 0 Å². The molecule has 0 bridgehead atoms. The third kappa shape index (κ3) is 1.13. The van der Waals surface area contributed by atoms with Crippen LogP contribution in [0.2, 0.25) is 0 Å². The lowest BCUT2D eigenvalue weighted by Gasteiger charge is -1.95. The summed E-state index contributed by atoms with van der Waals surface area (Å²) in [5.41, 5.74) is 2.59. The van der Waals surface area contributed by atoms with Gasteiger partial charge in [0.2, 0.25) is 0 Å². The van der Waals surface area contributed by atoms with Gasteiger partial charge in [0.25, 0.3) is 0 Å². The van der Waals surface area contributed by atoms with Crippen molar-refractivity contribution in [3.8, 4) is 0 Å². The molecule has 3 heteroatoms. The summed E-state index contributed by atoms with van der Waals surface area (Å²) in [5.74, 6) is 0.0636. The average molecular weight is 188 g/mol. The number of rotatable bonds is 1. The highest BCUT2D eigenvalue weighted by atomic mass is 16.1. The molecule has 0 aliphatic heterocycles. The summed E-state index contributed by atoms with van der Waals surface area (Å²) < 4.78 is 1.80. The zero-order chi connectivity index (χ0) is 10.3. The number of nitrogens with zero attached hydrogens (tertiary/aromatic N) is 2. The summed E-state index contributed by atoms with van der Waals surface area (Å²) in [7, 11) is 1.89. The van der Waals surface area contributed by atoms with E-state index in [1.54, 1.807) is 11.6 Å². The maximum absolute atomic E-state index is 11.3. The minimum absolute atomic E-state index is 0.0636.